The molecule has 5 nitrogen and oxygen atoms in total. The van der Waals surface area contributed by atoms with E-state index in [0.717, 1.165) is 43.7 Å². The molecule has 2 aliphatic rings. The third-order valence-electron chi connectivity index (χ3n) is 3.04. The minimum absolute atomic E-state index is 0.577. The summed E-state index contributed by atoms with van der Waals surface area (Å²) in [6.45, 7) is 5.93. The molecule has 0 saturated carbocycles. The van der Waals surface area contributed by atoms with Crippen molar-refractivity contribution in [2.45, 2.75) is 25.4 Å². The maximum atomic E-state index is 5.14. The lowest BCUT2D eigenvalue weighted by Gasteiger charge is -2.42. The smallest absolute Gasteiger partial charge is 0.205 e. The highest BCUT2D eigenvalue weighted by Gasteiger charge is 2.32. The monoisotopic (exact) mass is 240 g/mol. The lowest BCUT2D eigenvalue weighted by atomic mass is 10.1. The van der Waals surface area contributed by atoms with E-state index in [1.54, 1.807) is 0 Å². The van der Waals surface area contributed by atoms with Crippen molar-refractivity contribution in [1.82, 2.24) is 14.7 Å². The Morgan fingerprint density at radius 2 is 2.25 bits per heavy atom. The van der Waals surface area contributed by atoms with Gasteiger partial charge in [0.25, 0.3) is 0 Å². The van der Waals surface area contributed by atoms with Crippen LogP contribution in [0, 0.1) is 0 Å². The summed E-state index contributed by atoms with van der Waals surface area (Å²) in [7, 11) is 0. The van der Waals surface area contributed by atoms with Crippen LogP contribution in [0.2, 0.25) is 0 Å². The number of ether oxygens (including phenoxy) is 1. The molecule has 2 saturated heterocycles. The Hall–Kier alpha value is -0.720. The van der Waals surface area contributed by atoms with Crippen molar-refractivity contribution in [3.8, 4) is 0 Å². The van der Waals surface area contributed by atoms with Crippen LogP contribution in [-0.4, -0.2) is 47.7 Å². The van der Waals surface area contributed by atoms with Crippen LogP contribution in [0.5, 0.6) is 0 Å². The maximum absolute atomic E-state index is 5.14. The van der Waals surface area contributed by atoms with E-state index in [-0.39, 0.29) is 0 Å². The number of anilines is 1. The summed E-state index contributed by atoms with van der Waals surface area (Å²) >= 11 is 1.51. The van der Waals surface area contributed by atoms with Crippen molar-refractivity contribution in [3.63, 3.8) is 0 Å². The molecule has 1 aromatic heterocycles. The van der Waals surface area contributed by atoms with Crippen LogP contribution in [0.3, 0.4) is 0 Å². The standard InChI is InChI=1S/C10H16N4OS/c1-2-9-12-10(16-13-9)14-3-7(4-14)11-8-5-15-6-8/h7-8,11H,2-6H2,1H3. The average Bonchev–Trinajstić information content (AvgIpc) is 2.61. The summed E-state index contributed by atoms with van der Waals surface area (Å²) in [6, 6.07) is 1.18. The molecule has 0 aliphatic carbocycles. The normalized spacial score (nSPS) is 21.9. The highest BCUT2D eigenvalue weighted by molar-refractivity contribution is 7.09. The van der Waals surface area contributed by atoms with Gasteiger partial charge in [-0.2, -0.15) is 4.37 Å². The van der Waals surface area contributed by atoms with Gasteiger partial charge in [-0.1, -0.05) is 6.92 Å². The van der Waals surface area contributed by atoms with Gasteiger partial charge in [-0.3, -0.25) is 0 Å². The van der Waals surface area contributed by atoms with Crippen LogP contribution in [0.1, 0.15) is 12.7 Å². The molecule has 88 valence electrons. The molecule has 2 aliphatic heterocycles. The van der Waals surface area contributed by atoms with Crippen molar-refractivity contribution in [1.29, 1.82) is 0 Å². The Morgan fingerprint density at radius 1 is 1.44 bits per heavy atom. The number of nitrogens with zero attached hydrogens (tertiary/aromatic N) is 3. The molecule has 0 aromatic carbocycles. The van der Waals surface area contributed by atoms with E-state index in [1.165, 1.54) is 11.5 Å². The third-order valence-corrected chi connectivity index (χ3v) is 3.85. The largest absolute Gasteiger partial charge is 0.378 e. The third kappa shape index (κ3) is 1.92. The molecule has 0 radical (unpaired) electrons. The van der Waals surface area contributed by atoms with Gasteiger partial charge in [0.05, 0.1) is 19.3 Å². The molecule has 16 heavy (non-hydrogen) atoms. The van der Waals surface area contributed by atoms with Gasteiger partial charge < -0.3 is 15.0 Å². The molecule has 2 fully saturated rings. The fourth-order valence-corrected chi connectivity index (χ4v) is 2.69. The summed E-state index contributed by atoms with van der Waals surface area (Å²) in [5.74, 6) is 0.962. The summed E-state index contributed by atoms with van der Waals surface area (Å²) < 4.78 is 9.44. The number of aryl methyl sites for hydroxylation is 1. The first kappa shape index (κ1) is 10.4. The van der Waals surface area contributed by atoms with Crippen LogP contribution in [0.15, 0.2) is 0 Å². The highest BCUT2D eigenvalue weighted by atomic mass is 32.1. The van der Waals surface area contributed by atoms with Crippen LogP contribution >= 0.6 is 11.5 Å². The summed E-state index contributed by atoms with van der Waals surface area (Å²) in [5.41, 5.74) is 0. The molecule has 3 rings (SSSR count). The van der Waals surface area contributed by atoms with E-state index < -0.39 is 0 Å². The minimum Gasteiger partial charge on any atom is -0.378 e. The molecule has 0 bridgehead atoms. The van der Waals surface area contributed by atoms with Gasteiger partial charge in [0.15, 0.2) is 0 Å². The molecule has 0 atom stereocenters. The van der Waals surface area contributed by atoms with Crippen molar-refractivity contribution in [2.75, 3.05) is 31.2 Å². The fourth-order valence-electron chi connectivity index (χ4n) is 1.92. The molecule has 1 aromatic rings. The number of hydrogen-bond acceptors (Lipinski definition) is 6. The van der Waals surface area contributed by atoms with E-state index in [1.807, 2.05) is 0 Å². The Balaban J connectivity index is 1.48. The van der Waals surface area contributed by atoms with E-state index >= 15 is 0 Å². The number of nitrogens with one attached hydrogen (secondary N) is 1. The van der Waals surface area contributed by atoms with Crippen molar-refractivity contribution >= 4 is 16.7 Å². The second-order valence-electron chi connectivity index (χ2n) is 4.35. The first-order valence-electron chi connectivity index (χ1n) is 5.76. The zero-order valence-electron chi connectivity index (χ0n) is 9.35. The first-order valence-corrected chi connectivity index (χ1v) is 6.54. The maximum Gasteiger partial charge on any atom is 0.205 e. The lowest BCUT2D eigenvalue weighted by molar-refractivity contribution is -0.0114. The Kier molecular flexibility index (Phi) is 2.79. The average molecular weight is 240 g/mol. The Labute approximate surface area is 99.0 Å². The second-order valence-corrected chi connectivity index (χ2v) is 5.08. The Bertz CT molecular complexity index is 359. The molecule has 0 unspecified atom stereocenters. The molecule has 1 N–H and O–H groups in total. The number of rotatable bonds is 4. The van der Waals surface area contributed by atoms with E-state index in [0.29, 0.717) is 12.1 Å². The summed E-state index contributed by atoms with van der Waals surface area (Å²) in [4.78, 5) is 6.77. The van der Waals surface area contributed by atoms with E-state index in [2.05, 4.69) is 26.5 Å². The van der Waals surface area contributed by atoms with Gasteiger partial charge in [-0.25, -0.2) is 4.98 Å². The predicted molar refractivity (Wildman–Crippen MR) is 63.0 cm³/mol. The topological polar surface area (TPSA) is 50.3 Å². The van der Waals surface area contributed by atoms with Crippen molar-refractivity contribution in [3.05, 3.63) is 5.82 Å². The molecule has 3 heterocycles. The molecule has 0 amide bonds. The minimum atomic E-state index is 0.577. The second kappa shape index (κ2) is 4.27. The molecule has 0 spiro atoms. The van der Waals surface area contributed by atoms with Crippen LogP contribution < -0.4 is 10.2 Å². The summed E-state index contributed by atoms with van der Waals surface area (Å²) in [6.07, 6.45) is 0.922. The summed E-state index contributed by atoms with van der Waals surface area (Å²) in [5, 5.41) is 4.63. The quantitative estimate of drug-likeness (QED) is 0.819. The molecule has 6 heteroatoms. The number of hydrogen-bond donors (Lipinski definition) is 1. The fraction of sp³-hybridized carbons (Fsp3) is 0.800. The lowest BCUT2D eigenvalue weighted by Crippen LogP contribution is -2.63. The van der Waals surface area contributed by atoms with Gasteiger partial charge >= 0.3 is 0 Å². The zero-order valence-corrected chi connectivity index (χ0v) is 10.2. The number of aromatic nitrogens is 2. The molecular formula is C10H16N4OS. The van der Waals surface area contributed by atoms with Crippen molar-refractivity contribution in [2.24, 2.45) is 0 Å². The van der Waals surface area contributed by atoms with Gasteiger partial charge in [0, 0.05) is 37.1 Å². The predicted octanol–water partition coefficient (Wildman–Crippen LogP) is 0.277. The SMILES string of the molecule is CCc1nsc(N2CC(NC3COC3)C2)n1. The van der Waals surface area contributed by atoms with Crippen LogP contribution in [-0.2, 0) is 11.2 Å². The van der Waals surface area contributed by atoms with Gasteiger partial charge in [0.1, 0.15) is 5.82 Å². The van der Waals surface area contributed by atoms with Crippen LogP contribution in [0.4, 0.5) is 5.13 Å². The Morgan fingerprint density at radius 3 is 2.81 bits per heavy atom. The first-order chi connectivity index (χ1) is 7.85. The highest BCUT2D eigenvalue weighted by Crippen LogP contribution is 2.23. The molecular weight excluding hydrogens is 224 g/mol. The van der Waals surface area contributed by atoms with Crippen LogP contribution in [0.25, 0.3) is 0 Å². The van der Waals surface area contributed by atoms with E-state index in [9.17, 15) is 0 Å². The van der Waals surface area contributed by atoms with Crippen molar-refractivity contribution < 1.29 is 4.74 Å². The van der Waals surface area contributed by atoms with Gasteiger partial charge in [0.2, 0.25) is 5.13 Å². The van der Waals surface area contributed by atoms with E-state index in [4.69, 9.17) is 4.74 Å². The zero-order chi connectivity index (χ0) is 11.0. The van der Waals surface area contributed by atoms with Gasteiger partial charge in [-0.15, -0.1) is 0 Å². The van der Waals surface area contributed by atoms with Gasteiger partial charge in [-0.05, 0) is 0 Å².